The van der Waals surface area contributed by atoms with Crippen molar-refractivity contribution in [1.29, 1.82) is 0 Å². The number of carbonyl (C=O) groups excluding carboxylic acids is 2. The quantitative estimate of drug-likeness (QED) is 0.744. The van der Waals surface area contributed by atoms with Crippen molar-refractivity contribution in [3.05, 3.63) is 29.8 Å². The first-order valence-electron chi connectivity index (χ1n) is 9.35. The van der Waals surface area contributed by atoms with E-state index in [0.29, 0.717) is 6.54 Å². The van der Waals surface area contributed by atoms with E-state index in [2.05, 4.69) is 21.6 Å². The number of carbonyl (C=O) groups is 2. The van der Waals surface area contributed by atoms with Gasteiger partial charge in [-0.3, -0.25) is 14.5 Å². The van der Waals surface area contributed by atoms with Crippen LogP contribution in [0, 0.1) is 5.92 Å². The fourth-order valence-electron chi connectivity index (χ4n) is 3.42. The summed E-state index contributed by atoms with van der Waals surface area (Å²) >= 11 is 0. The largest absolute Gasteiger partial charge is 0.497 e. The van der Waals surface area contributed by atoms with Crippen molar-refractivity contribution < 1.29 is 14.3 Å². The second-order valence-corrected chi connectivity index (χ2v) is 7.20. The first kappa shape index (κ1) is 20.2. The van der Waals surface area contributed by atoms with Crippen LogP contribution in [0.1, 0.15) is 45.2 Å². The van der Waals surface area contributed by atoms with Crippen molar-refractivity contribution >= 4 is 11.8 Å². The summed E-state index contributed by atoms with van der Waals surface area (Å²) < 4.78 is 5.35. The topological polar surface area (TPSA) is 70.7 Å². The summed E-state index contributed by atoms with van der Waals surface area (Å²) in [6.45, 7) is 7.86. The van der Waals surface area contributed by atoms with Gasteiger partial charge in [-0.15, -0.1) is 0 Å². The van der Waals surface area contributed by atoms with Gasteiger partial charge in [0.1, 0.15) is 11.8 Å². The van der Waals surface area contributed by atoms with Crippen molar-refractivity contribution in [3.8, 4) is 5.75 Å². The molecular weight excluding hydrogens is 330 g/mol. The van der Waals surface area contributed by atoms with E-state index in [4.69, 9.17) is 4.74 Å². The Morgan fingerprint density at radius 1 is 1.23 bits per heavy atom. The van der Waals surface area contributed by atoms with Gasteiger partial charge in [-0.05, 0) is 49.5 Å². The minimum atomic E-state index is -0.517. The summed E-state index contributed by atoms with van der Waals surface area (Å²) in [5.41, 5.74) is 1.13. The average molecular weight is 361 g/mol. The van der Waals surface area contributed by atoms with Gasteiger partial charge >= 0.3 is 0 Å². The smallest absolute Gasteiger partial charge is 0.242 e. The zero-order valence-corrected chi connectivity index (χ0v) is 16.2. The van der Waals surface area contributed by atoms with Crippen LogP contribution in [0.25, 0.3) is 0 Å². The Hall–Kier alpha value is -2.08. The fraction of sp³-hybridized carbons (Fsp3) is 0.600. The molecule has 0 aromatic heterocycles. The molecule has 0 aliphatic carbocycles. The Labute approximate surface area is 156 Å². The van der Waals surface area contributed by atoms with Gasteiger partial charge in [0.15, 0.2) is 0 Å². The lowest BCUT2D eigenvalue weighted by Crippen LogP contribution is -2.50. The van der Waals surface area contributed by atoms with Crippen LogP contribution in [-0.2, 0) is 9.59 Å². The Kier molecular flexibility index (Phi) is 7.45. The predicted octanol–water partition coefficient (Wildman–Crippen LogP) is 2.11. The summed E-state index contributed by atoms with van der Waals surface area (Å²) in [6.07, 6.45) is 2.35. The number of methoxy groups -OCH3 is 1. The monoisotopic (exact) mass is 361 g/mol. The maximum absolute atomic E-state index is 12.6. The van der Waals surface area contributed by atoms with Crippen LogP contribution in [0.2, 0.25) is 0 Å². The van der Waals surface area contributed by atoms with E-state index in [9.17, 15) is 9.59 Å². The van der Waals surface area contributed by atoms with Gasteiger partial charge in [0.25, 0.3) is 0 Å². The Morgan fingerprint density at radius 3 is 2.50 bits per heavy atom. The van der Waals surface area contributed by atoms with Crippen LogP contribution >= 0.6 is 0 Å². The van der Waals surface area contributed by atoms with Crippen molar-refractivity contribution in [1.82, 2.24) is 15.5 Å². The number of benzene rings is 1. The molecule has 1 aliphatic heterocycles. The molecule has 2 rings (SSSR count). The second-order valence-electron chi connectivity index (χ2n) is 7.20. The number of ether oxygens (including phenoxy) is 1. The van der Waals surface area contributed by atoms with Crippen LogP contribution in [0.3, 0.4) is 0 Å². The number of hydrogen-bond acceptors (Lipinski definition) is 4. The zero-order valence-electron chi connectivity index (χ0n) is 16.2. The zero-order chi connectivity index (χ0) is 19.1. The van der Waals surface area contributed by atoms with E-state index in [-0.39, 0.29) is 23.8 Å². The summed E-state index contributed by atoms with van der Waals surface area (Å²) in [6, 6.07) is 7.59. The molecule has 0 radical (unpaired) electrons. The van der Waals surface area contributed by atoms with Gasteiger partial charge in [0.2, 0.25) is 11.8 Å². The Morgan fingerprint density at radius 2 is 1.92 bits per heavy atom. The minimum Gasteiger partial charge on any atom is -0.497 e. The maximum Gasteiger partial charge on any atom is 0.242 e. The summed E-state index contributed by atoms with van der Waals surface area (Å²) in [5, 5.41) is 5.79. The van der Waals surface area contributed by atoms with Crippen LogP contribution in [-0.4, -0.2) is 49.5 Å². The highest BCUT2D eigenvalue weighted by molar-refractivity contribution is 5.87. The van der Waals surface area contributed by atoms with E-state index in [1.807, 2.05) is 32.0 Å². The Bertz CT molecular complexity index is 612. The van der Waals surface area contributed by atoms with E-state index < -0.39 is 6.04 Å². The lowest BCUT2D eigenvalue weighted by atomic mass is 10.0. The summed E-state index contributed by atoms with van der Waals surface area (Å²) in [4.78, 5) is 26.4. The predicted molar refractivity (Wildman–Crippen MR) is 102 cm³/mol. The average Bonchev–Trinajstić information content (AvgIpc) is 3.14. The highest BCUT2D eigenvalue weighted by Gasteiger charge is 2.27. The SMILES string of the molecule is COc1cccc(C(CNC(=O)C(NC(C)=O)C(C)C)N2CCCC2)c1. The number of amides is 2. The van der Waals surface area contributed by atoms with Crippen LogP contribution in [0.15, 0.2) is 24.3 Å². The lowest BCUT2D eigenvalue weighted by molar-refractivity contribution is -0.129. The molecule has 2 N–H and O–H groups in total. The molecule has 0 saturated carbocycles. The summed E-state index contributed by atoms with van der Waals surface area (Å²) in [7, 11) is 1.66. The number of likely N-dealkylation sites (tertiary alicyclic amines) is 1. The van der Waals surface area contributed by atoms with E-state index >= 15 is 0 Å². The van der Waals surface area contributed by atoms with Gasteiger partial charge in [-0.2, -0.15) is 0 Å². The lowest BCUT2D eigenvalue weighted by Gasteiger charge is -2.29. The molecule has 1 saturated heterocycles. The molecule has 26 heavy (non-hydrogen) atoms. The summed E-state index contributed by atoms with van der Waals surface area (Å²) in [5.74, 6) is 0.516. The molecular formula is C20H31N3O3. The molecule has 6 heteroatoms. The van der Waals surface area contributed by atoms with E-state index in [1.165, 1.54) is 19.8 Å². The fourth-order valence-corrected chi connectivity index (χ4v) is 3.42. The minimum absolute atomic E-state index is 0.0287. The van der Waals surface area contributed by atoms with Crippen molar-refractivity contribution in [3.63, 3.8) is 0 Å². The maximum atomic E-state index is 12.6. The second kappa shape index (κ2) is 9.57. The molecule has 144 valence electrons. The standard InChI is InChI=1S/C20H31N3O3/c1-14(2)19(22-15(3)24)20(25)21-13-18(23-10-5-6-11-23)16-8-7-9-17(12-16)26-4/h7-9,12,14,18-19H,5-6,10-11,13H2,1-4H3,(H,21,25)(H,22,24). The third-order valence-electron chi connectivity index (χ3n) is 4.84. The number of nitrogens with one attached hydrogen (secondary N) is 2. The van der Waals surface area contributed by atoms with Gasteiger partial charge < -0.3 is 15.4 Å². The number of nitrogens with zero attached hydrogens (tertiary/aromatic N) is 1. The first-order chi connectivity index (χ1) is 12.4. The van der Waals surface area contributed by atoms with E-state index in [0.717, 1.165) is 24.4 Å². The Balaban J connectivity index is 2.11. The molecule has 2 amide bonds. The van der Waals surface area contributed by atoms with Crippen molar-refractivity contribution in [2.45, 2.75) is 45.7 Å². The normalized spacial score (nSPS) is 17.0. The van der Waals surface area contributed by atoms with Crippen LogP contribution in [0.5, 0.6) is 5.75 Å². The third kappa shape index (κ3) is 5.46. The van der Waals surface area contributed by atoms with Crippen LogP contribution < -0.4 is 15.4 Å². The molecule has 1 aliphatic rings. The van der Waals surface area contributed by atoms with Crippen LogP contribution in [0.4, 0.5) is 0 Å². The number of hydrogen-bond donors (Lipinski definition) is 2. The molecule has 1 fully saturated rings. The molecule has 0 spiro atoms. The van der Waals surface area contributed by atoms with Gasteiger partial charge in [0.05, 0.1) is 13.2 Å². The molecule has 6 nitrogen and oxygen atoms in total. The third-order valence-corrected chi connectivity index (χ3v) is 4.84. The van der Waals surface area contributed by atoms with Gasteiger partial charge in [-0.1, -0.05) is 26.0 Å². The van der Waals surface area contributed by atoms with Gasteiger partial charge in [0, 0.05) is 13.5 Å². The molecule has 0 bridgehead atoms. The molecule has 1 aromatic carbocycles. The van der Waals surface area contributed by atoms with Crippen molar-refractivity contribution in [2.24, 2.45) is 5.92 Å². The highest BCUT2D eigenvalue weighted by atomic mass is 16.5. The molecule has 1 aromatic rings. The molecule has 2 atom stereocenters. The van der Waals surface area contributed by atoms with E-state index in [1.54, 1.807) is 7.11 Å². The number of rotatable bonds is 8. The van der Waals surface area contributed by atoms with Crippen molar-refractivity contribution in [2.75, 3.05) is 26.7 Å². The first-order valence-corrected chi connectivity index (χ1v) is 9.35. The highest BCUT2D eigenvalue weighted by Crippen LogP contribution is 2.27. The molecule has 1 heterocycles. The van der Waals surface area contributed by atoms with Gasteiger partial charge in [-0.25, -0.2) is 0 Å². The molecule has 2 unspecified atom stereocenters.